The Bertz CT molecular complexity index is 844. The first kappa shape index (κ1) is 19.8. The van der Waals surface area contributed by atoms with Crippen LogP contribution in [0, 0.1) is 0 Å². The summed E-state index contributed by atoms with van der Waals surface area (Å²) in [5.74, 6) is 2.44. The van der Waals surface area contributed by atoms with E-state index in [1.54, 1.807) is 20.4 Å². The van der Waals surface area contributed by atoms with Crippen molar-refractivity contribution in [2.24, 2.45) is 0 Å². The van der Waals surface area contributed by atoms with Crippen molar-refractivity contribution < 1.29 is 14.3 Å². The molecular formula is C22H30N4O3. The van der Waals surface area contributed by atoms with E-state index >= 15 is 0 Å². The van der Waals surface area contributed by atoms with E-state index in [0.29, 0.717) is 12.6 Å². The zero-order valence-electron chi connectivity index (χ0n) is 17.3. The number of nitrogens with one attached hydrogen (secondary N) is 1. The van der Waals surface area contributed by atoms with Gasteiger partial charge in [-0.25, -0.2) is 4.68 Å². The summed E-state index contributed by atoms with van der Waals surface area (Å²) < 4.78 is 13.0. The van der Waals surface area contributed by atoms with E-state index in [0.717, 1.165) is 55.1 Å². The molecule has 1 N–H and O–H groups in total. The Morgan fingerprint density at radius 2 is 1.97 bits per heavy atom. The van der Waals surface area contributed by atoms with Crippen LogP contribution < -0.4 is 14.8 Å². The fourth-order valence-electron chi connectivity index (χ4n) is 4.69. The first-order chi connectivity index (χ1) is 14.2. The van der Waals surface area contributed by atoms with Crippen LogP contribution in [0.5, 0.6) is 11.5 Å². The normalized spacial score (nSPS) is 20.1. The molecule has 0 unspecified atom stereocenters. The second kappa shape index (κ2) is 8.86. The van der Waals surface area contributed by atoms with Gasteiger partial charge < -0.3 is 14.8 Å². The Kier molecular flexibility index (Phi) is 6.04. The van der Waals surface area contributed by atoms with Crippen molar-refractivity contribution in [3.8, 4) is 11.5 Å². The molecule has 1 saturated heterocycles. The quantitative estimate of drug-likeness (QED) is 0.768. The van der Waals surface area contributed by atoms with E-state index in [9.17, 15) is 4.79 Å². The minimum atomic E-state index is -0.00138. The molecule has 1 aliphatic heterocycles. The Labute approximate surface area is 172 Å². The van der Waals surface area contributed by atoms with Crippen molar-refractivity contribution in [2.45, 2.75) is 50.6 Å². The number of rotatable bonds is 7. The molecule has 0 spiro atoms. The predicted molar refractivity (Wildman–Crippen MR) is 111 cm³/mol. The fourth-order valence-corrected chi connectivity index (χ4v) is 4.69. The second-order valence-electron chi connectivity index (χ2n) is 7.88. The molecular weight excluding hydrogens is 368 g/mol. The number of hydrogen-bond acceptors (Lipinski definition) is 5. The van der Waals surface area contributed by atoms with Gasteiger partial charge in [0, 0.05) is 17.7 Å². The van der Waals surface area contributed by atoms with Crippen LogP contribution in [0.25, 0.3) is 0 Å². The summed E-state index contributed by atoms with van der Waals surface area (Å²) in [7, 11) is 3.35. The molecule has 2 aromatic rings. The summed E-state index contributed by atoms with van der Waals surface area (Å²) in [6.45, 7) is 1.24. The molecule has 1 aliphatic carbocycles. The largest absolute Gasteiger partial charge is 0.497 e. The Morgan fingerprint density at radius 1 is 1.14 bits per heavy atom. The number of benzene rings is 1. The Morgan fingerprint density at radius 3 is 2.72 bits per heavy atom. The highest BCUT2D eigenvalue weighted by Crippen LogP contribution is 2.38. The second-order valence-corrected chi connectivity index (χ2v) is 7.88. The van der Waals surface area contributed by atoms with Crippen molar-refractivity contribution in [1.82, 2.24) is 14.7 Å². The third-order valence-corrected chi connectivity index (χ3v) is 6.11. The van der Waals surface area contributed by atoms with Crippen LogP contribution in [0.1, 0.15) is 56.2 Å². The summed E-state index contributed by atoms with van der Waals surface area (Å²) in [4.78, 5) is 15.1. The number of carbonyl (C=O) groups excluding carboxylic acids is 1. The van der Waals surface area contributed by atoms with Crippen molar-refractivity contribution in [1.29, 1.82) is 0 Å². The third kappa shape index (κ3) is 4.24. The number of likely N-dealkylation sites (tertiary alicyclic amines) is 1. The van der Waals surface area contributed by atoms with Crippen LogP contribution in [-0.2, 0) is 4.79 Å². The van der Waals surface area contributed by atoms with E-state index in [4.69, 9.17) is 9.47 Å². The third-order valence-electron chi connectivity index (χ3n) is 6.11. The molecule has 156 valence electrons. The molecule has 7 nitrogen and oxygen atoms in total. The maximum absolute atomic E-state index is 12.8. The van der Waals surface area contributed by atoms with Crippen molar-refractivity contribution in [2.75, 3.05) is 32.6 Å². The molecule has 1 atom stereocenters. The van der Waals surface area contributed by atoms with E-state index in [1.807, 2.05) is 28.9 Å². The summed E-state index contributed by atoms with van der Waals surface area (Å²) in [5.41, 5.74) is 1.08. The Hall–Kier alpha value is -2.54. The van der Waals surface area contributed by atoms with Crippen LogP contribution in [0.4, 0.5) is 5.82 Å². The summed E-state index contributed by atoms with van der Waals surface area (Å²) in [5, 5.41) is 7.53. The van der Waals surface area contributed by atoms with Gasteiger partial charge in [0.2, 0.25) is 5.91 Å². The Balaban J connectivity index is 1.45. The summed E-state index contributed by atoms with van der Waals surface area (Å²) in [6, 6.07) is 8.30. The summed E-state index contributed by atoms with van der Waals surface area (Å²) >= 11 is 0. The average Bonchev–Trinajstić information content (AvgIpc) is 3.49. The van der Waals surface area contributed by atoms with Crippen LogP contribution in [0.2, 0.25) is 0 Å². The first-order valence-electron chi connectivity index (χ1n) is 10.5. The van der Waals surface area contributed by atoms with Gasteiger partial charge in [0.15, 0.2) is 0 Å². The van der Waals surface area contributed by atoms with Gasteiger partial charge in [-0.15, -0.1) is 0 Å². The molecule has 7 heteroatoms. The van der Waals surface area contributed by atoms with Gasteiger partial charge in [-0.2, -0.15) is 5.10 Å². The lowest BCUT2D eigenvalue weighted by Gasteiger charge is -2.26. The number of carbonyl (C=O) groups is 1. The zero-order chi connectivity index (χ0) is 20.2. The minimum Gasteiger partial charge on any atom is -0.497 e. The topological polar surface area (TPSA) is 68.6 Å². The number of ether oxygens (including phenoxy) is 2. The fraction of sp³-hybridized carbons (Fsp3) is 0.545. The van der Waals surface area contributed by atoms with Gasteiger partial charge in [0.1, 0.15) is 17.3 Å². The molecule has 1 aromatic heterocycles. The van der Waals surface area contributed by atoms with Gasteiger partial charge in [-0.3, -0.25) is 9.69 Å². The van der Waals surface area contributed by atoms with Gasteiger partial charge in [0.25, 0.3) is 0 Å². The van der Waals surface area contributed by atoms with Crippen LogP contribution in [0.3, 0.4) is 0 Å². The lowest BCUT2D eigenvalue weighted by molar-refractivity contribution is -0.117. The first-order valence-corrected chi connectivity index (χ1v) is 10.5. The standard InChI is InChI=1S/C22H30N4O3/c1-28-17-9-10-20(29-2)18(14-17)19-8-5-13-25(19)15-22(27)24-21-11-12-23-26(21)16-6-3-4-7-16/h9-12,14,16,19H,3-8,13,15H2,1-2H3,(H,24,27)/t19-/m0/s1. The SMILES string of the molecule is COc1ccc(OC)c([C@@H]2CCCN2CC(=O)Nc2ccnn2C2CCCC2)c1. The maximum atomic E-state index is 12.8. The van der Waals surface area contributed by atoms with Gasteiger partial charge in [-0.05, 0) is 50.4 Å². The highest BCUT2D eigenvalue weighted by molar-refractivity contribution is 5.91. The lowest BCUT2D eigenvalue weighted by atomic mass is 10.0. The number of nitrogens with zero attached hydrogens (tertiary/aromatic N) is 3. The molecule has 1 aromatic carbocycles. The van der Waals surface area contributed by atoms with E-state index in [1.165, 1.54) is 12.8 Å². The van der Waals surface area contributed by atoms with Crippen molar-refractivity contribution in [3.05, 3.63) is 36.0 Å². The van der Waals surface area contributed by atoms with Gasteiger partial charge in [0.05, 0.1) is 33.0 Å². The van der Waals surface area contributed by atoms with E-state index in [-0.39, 0.29) is 11.9 Å². The van der Waals surface area contributed by atoms with Gasteiger partial charge >= 0.3 is 0 Å². The molecule has 2 fully saturated rings. The molecule has 4 rings (SSSR count). The molecule has 29 heavy (non-hydrogen) atoms. The molecule has 2 heterocycles. The van der Waals surface area contributed by atoms with E-state index in [2.05, 4.69) is 15.3 Å². The highest BCUT2D eigenvalue weighted by atomic mass is 16.5. The zero-order valence-corrected chi connectivity index (χ0v) is 17.3. The molecule has 2 aliphatic rings. The monoisotopic (exact) mass is 398 g/mol. The number of methoxy groups -OCH3 is 2. The molecule has 0 bridgehead atoms. The van der Waals surface area contributed by atoms with Crippen molar-refractivity contribution in [3.63, 3.8) is 0 Å². The minimum absolute atomic E-state index is 0.00138. The number of hydrogen-bond donors (Lipinski definition) is 1. The van der Waals surface area contributed by atoms with Crippen LogP contribution in [-0.4, -0.2) is 47.9 Å². The highest BCUT2D eigenvalue weighted by Gasteiger charge is 2.30. The molecule has 0 radical (unpaired) electrons. The molecule has 1 saturated carbocycles. The van der Waals surface area contributed by atoms with Gasteiger partial charge in [-0.1, -0.05) is 12.8 Å². The van der Waals surface area contributed by atoms with E-state index < -0.39 is 0 Å². The van der Waals surface area contributed by atoms with Crippen molar-refractivity contribution >= 4 is 11.7 Å². The lowest BCUT2D eigenvalue weighted by Crippen LogP contribution is -2.33. The number of amides is 1. The number of aromatic nitrogens is 2. The molecule has 1 amide bonds. The number of anilines is 1. The predicted octanol–water partition coefficient (Wildman–Crippen LogP) is 3.79. The summed E-state index contributed by atoms with van der Waals surface area (Å²) in [6.07, 6.45) is 8.55. The maximum Gasteiger partial charge on any atom is 0.239 e. The van der Waals surface area contributed by atoms with Crippen LogP contribution >= 0.6 is 0 Å². The van der Waals surface area contributed by atoms with Crippen LogP contribution in [0.15, 0.2) is 30.5 Å². The smallest absolute Gasteiger partial charge is 0.239 e. The average molecular weight is 399 g/mol.